The van der Waals surface area contributed by atoms with Gasteiger partial charge in [-0.3, -0.25) is 9.59 Å². The summed E-state index contributed by atoms with van der Waals surface area (Å²) in [4.78, 5) is 37.8. The van der Waals surface area contributed by atoms with Crippen LogP contribution in [0, 0.1) is 20.8 Å². The Kier molecular flexibility index (Phi) is 6.37. The monoisotopic (exact) mass is 414 g/mol. The van der Waals surface area contributed by atoms with Crippen LogP contribution < -0.4 is 10.6 Å². The second-order valence-electron chi connectivity index (χ2n) is 7.49. The number of thiophene rings is 1. The lowest BCUT2D eigenvalue weighted by Gasteiger charge is -2.14. The van der Waals surface area contributed by atoms with Crippen molar-refractivity contribution in [3.05, 3.63) is 44.8 Å². The average molecular weight is 415 g/mol. The van der Waals surface area contributed by atoms with E-state index in [4.69, 9.17) is 4.74 Å². The van der Waals surface area contributed by atoms with Gasteiger partial charge in [-0.05, 0) is 63.1 Å². The van der Waals surface area contributed by atoms with Gasteiger partial charge in [0.2, 0.25) is 5.91 Å². The largest absolute Gasteiger partial charge is 0.452 e. The fourth-order valence-electron chi connectivity index (χ4n) is 3.79. The lowest BCUT2D eigenvalue weighted by Crippen LogP contribution is -2.23. The van der Waals surface area contributed by atoms with Crippen molar-refractivity contribution in [2.45, 2.75) is 53.4 Å². The number of benzene rings is 1. The van der Waals surface area contributed by atoms with Gasteiger partial charge in [0, 0.05) is 17.5 Å². The summed E-state index contributed by atoms with van der Waals surface area (Å²) in [5.41, 5.74) is 5.13. The molecule has 1 aromatic carbocycles. The number of rotatable bonds is 5. The number of amides is 2. The molecule has 0 saturated carbocycles. The van der Waals surface area contributed by atoms with Crippen molar-refractivity contribution < 1.29 is 19.1 Å². The molecule has 1 aliphatic carbocycles. The number of anilines is 2. The van der Waals surface area contributed by atoms with Crippen molar-refractivity contribution >= 4 is 39.8 Å². The van der Waals surface area contributed by atoms with E-state index in [1.807, 2.05) is 32.9 Å². The van der Waals surface area contributed by atoms with Crippen molar-refractivity contribution in [3.63, 3.8) is 0 Å². The van der Waals surface area contributed by atoms with E-state index in [2.05, 4.69) is 10.6 Å². The predicted octanol–water partition coefficient (Wildman–Crippen LogP) is 4.31. The quantitative estimate of drug-likeness (QED) is 0.714. The zero-order chi connectivity index (χ0) is 21.1. The molecule has 0 fully saturated rings. The third-order valence-electron chi connectivity index (χ3n) is 4.94. The molecule has 6 nitrogen and oxygen atoms in total. The summed E-state index contributed by atoms with van der Waals surface area (Å²) in [5.74, 6) is -1.19. The van der Waals surface area contributed by atoms with Gasteiger partial charge in [0.15, 0.2) is 6.61 Å². The van der Waals surface area contributed by atoms with Crippen LogP contribution >= 0.6 is 11.3 Å². The third-order valence-corrected chi connectivity index (χ3v) is 6.15. The Morgan fingerprint density at radius 3 is 2.34 bits per heavy atom. The van der Waals surface area contributed by atoms with E-state index in [-0.39, 0.29) is 12.5 Å². The maximum absolute atomic E-state index is 12.8. The Hall–Kier alpha value is -2.67. The van der Waals surface area contributed by atoms with Crippen LogP contribution in [0.3, 0.4) is 0 Å². The highest BCUT2D eigenvalue weighted by atomic mass is 32.1. The summed E-state index contributed by atoms with van der Waals surface area (Å²) in [7, 11) is 0. The molecular formula is C22H26N2O4S. The molecule has 7 heteroatoms. The molecule has 0 radical (unpaired) electrons. The number of carbonyl (C=O) groups is 3. The van der Waals surface area contributed by atoms with Crippen LogP contribution in [0.5, 0.6) is 0 Å². The Morgan fingerprint density at radius 2 is 1.69 bits per heavy atom. The topological polar surface area (TPSA) is 84.5 Å². The first kappa shape index (κ1) is 21.0. The molecule has 29 heavy (non-hydrogen) atoms. The van der Waals surface area contributed by atoms with Crippen molar-refractivity contribution in [1.29, 1.82) is 0 Å². The molecule has 0 unspecified atom stereocenters. The number of hydrogen-bond acceptors (Lipinski definition) is 5. The maximum atomic E-state index is 12.8. The Morgan fingerprint density at radius 1 is 1.03 bits per heavy atom. The van der Waals surface area contributed by atoms with Gasteiger partial charge in [0.1, 0.15) is 5.00 Å². The minimum atomic E-state index is -0.569. The van der Waals surface area contributed by atoms with Gasteiger partial charge in [-0.15, -0.1) is 11.3 Å². The Balaban J connectivity index is 1.72. The third kappa shape index (κ3) is 4.85. The van der Waals surface area contributed by atoms with Crippen molar-refractivity contribution in [2.24, 2.45) is 0 Å². The van der Waals surface area contributed by atoms with E-state index in [9.17, 15) is 14.4 Å². The molecule has 1 aliphatic rings. The Bertz CT molecular complexity index is 954. The van der Waals surface area contributed by atoms with E-state index >= 15 is 0 Å². The minimum Gasteiger partial charge on any atom is -0.452 e. The van der Waals surface area contributed by atoms with E-state index in [0.29, 0.717) is 10.6 Å². The molecule has 2 amide bonds. The molecule has 3 rings (SSSR count). The van der Waals surface area contributed by atoms with Crippen LogP contribution in [0.1, 0.15) is 57.3 Å². The molecule has 1 aromatic heterocycles. The van der Waals surface area contributed by atoms with Crippen molar-refractivity contribution in [1.82, 2.24) is 0 Å². The van der Waals surface area contributed by atoms with E-state index < -0.39 is 11.9 Å². The summed E-state index contributed by atoms with van der Waals surface area (Å²) in [6.07, 6.45) is 3.74. The molecule has 0 bridgehead atoms. The lowest BCUT2D eigenvalue weighted by molar-refractivity contribution is -0.119. The molecule has 0 saturated heterocycles. The van der Waals surface area contributed by atoms with Crippen molar-refractivity contribution in [3.8, 4) is 0 Å². The van der Waals surface area contributed by atoms with Gasteiger partial charge in [-0.1, -0.05) is 17.7 Å². The first-order valence-corrected chi connectivity index (χ1v) is 10.5. The minimum absolute atomic E-state index is 0.235. The van der Waals surface area contributed by atoms with E-state index in [0.717, 1.165) is 58.5 Å². The average Bonchev–Trinajstić information content (AvgIpc) is 2.99. The molecule has 154 valence electrons. The van der Waals surface area contributed by atoms with Crippen LogP contribution in [0.4, 0.5) is 10.7 Å². The van der Waals surface area contributed by atoms with Gasteiger partial charge in [0.05, 0.1) is 5.56 Å². The fraction of sp³-hybridized carbons (Fsp3) is 0.409. The SMILES string of the molecule is CC(=O)Nc1sc2c(c1C(=O)OCC(=O)Nc1c(C)cc(C)cc1C)CCCC2. The first-order valence-electron chi connectivity index (χ1n) is 9.73. The van der Waals surface area contributed by atoms with Crippen molar-refractivity contribution in [2.75, 3.05) is 17.2 Å². The van der Waals surface area contributed by atoms with E-state index in [1.54, 1.807) is 0 Å². The maximum Gasteiger partial charge on any atom is 0.341 e. The molecule has 1 heterocycles. The van der Waals surface area contributed by atoms with Gasteiger partial charge in [-0.2, -0.15) is 0 Å². The standard InChI is InChI=1S/C22H26N2O4S/c1-12-9-13(2)20(14(3)10-12)24-18(26)11-28-22(27)19-16-7-5-6-8-17(16)29-21(19)23-15(4)25/h9-10H,5-8,11H2,1-4H3,(H,23,25)(H,24,26). The van der Waals surface area contributed by atoms with Crippen LogP contribution in [0.25, 0.3) is 0 Å². The fourth-order valence-corrected chi connectivity index (χ4v) is 5.11. The van der Waals surface area contributed by atoms with Gasteiger partial charge < -0.3 is 15.4 Å². The molecule has 2 N–H and O–H groups in total. The zero-order valence-electron chi connectivity index (χ0n) is 17.2. The zero-order valence-corrected chi connectivity index (χ0v) is 18.0. The summed E-state index contributed by atoms with van der Waals surface area (Å²) in [5, 5.41) is 6.08. The molecule has 0 atom stereocenters. The predicted molar refractivity (Wildman–Crippen MR) is 115 cm³/mol. The highest BCUT2D eigenvalue weighted by molar-refractivity contribution is 7.17. The molecule has 0 aliphatic heterocycles. The number of nitrogens with one attached hydrogen (secondary N) is 2. The van der Waals surface area contributed by atoms with Gasteiger partial charge >= 0.3 is 5.97 Å². The van der Waals surface area contributed by atoms with Crippen LogP contribution in [0.15, 0.2) is 12.1 Å². The summed E-state index contributed by atoms with van der Waals surface area (Å²) in [6, 6.07) is 3.98. The highest BCUT2D eigenvalue weighted by Crippen LogP contribution is 2.38. The second kappa shape index (κ2) is 8.78. The highest BCUT2D eigenvalue weighted by Gasteiger charge is 2.27. The normalized spacial score (nSPS) is 12.8. The molecule has 2 aromatic rings. The number of ether oxygens (including phenoxy) is 1. The number of hydrogen-bond donors (Lipinski definition) is 2. The van der Waals surface area contributed by atoms with Gasteiger partial charge in [-0.25, -0.2) is 4.79 Å². The van der Waals surface area contributed by atoms with Gasteiger partial charge in [0.25, 0.3) is 5.91 Å². The number of aryl methyl sites for hydroxylation is 4. The number of esters is 1. The van der Waals surface area contributed by atoms with Crippen LogP contribution in [-0.2, 0) is 27.2 Å². The summed E-state index contributed by atoms with van der Waals surface area (Å²) >= 11 is 1.43. The second-order valence-corrected chi connectivity index (χ2v) is 8.60. The molecular weight excluding hydrogens is 388 g/mol. The molecule has 0 spiro atoms. The number of carbonyl (C=O) groups excluding carboxylic acids is 3. The summed E-state index contributed by atoms with van der Waals surface area (Å²) in [6.45, 7) is 6.89. The lowest BCUT2D eigenvalue weighted by atomic mass is 9.95. The van der Waals surface area contributed by atoms with E-state index in [1.165, 1.54) is 18.3 Å². The van der Waals surface area contributed by atoms with Crippen LogP contribution in [0.2, 0.25) is 0 Å². The number of fused-ring (bicyclic) bond motifs is 1. The first-order chi connectivity index (χ1) is 13.8. The summed E-state index contributed by atoms with van der Waals surface area (Å²) < 4.78 is 5.32. The Labute approximate surface area is 174 Å². The smallest absolute Gasteiger partial charge is 0.341 e. The van der Waals surface area contributed by atoms with Crippen LogP contribution in [-0.4, -0.2) is 24.4 Å².